The highest BCUT2D eigenvalue weighted by molar-refractivity contribution is 9.09. The quantitative estimate of drug-likeness (QED) is 0.808. The number of hydrogen-bond donors (Lipinski definition) is 0. The average Bonchev–Trinajstić information content (AvgIpc) is 2.75. The Bertz CT molecular complexity index is 597. The number of aromatic nitrogens is 2. The molecule has 1 unspecified atom stereocenters. The van der Waals surface area contributed by atoms with Crippen molar-refractivity contribution < 1.29 is 0 Å². The molecule has 18 heavy (non-hydrogen) atoms. The Balaban J connectivity index is 2.37. The zero-order chi connectivity index (χ0) is 13.3. The van der Waals surface area contributed by atoms with E-state index in [9.17, 15) is 4.79 Å². The Morgan fingerprint density at radius 2 is 2.22 bits per heavy atom. The monoisotopic (exact) mass is 328 g/mol. The molecule has 0 radical (unpaired) electrons. The summed E-state index contributed by atoms with van der Waals surface area (Å²) < 4.78 is 2.48. The molecule has 0 aliphatic carbocycles. The number of fused-ring (bicyclic) bond motifs is 1. The van der Waals surface area contributed by atoms with Gasteiger partial charge in [-0.1, -0.05) is 36.7 Å². The third-order valence-corrected chi connectivity index (χ3v) is 4.94. The first kappa shape index (κ1) is 13.7. The van der Waals surface area contributed by atoms with Crippen LogP contribution in [0.4, 0.5) is 0 Å². The van der Waals surface area contributed by atoms with Gasteiger partial charge >= 0.3 is 0 Å². The van der Waals surface area contributed by atoms with Crippen LogP contribution in [0.25, 0.3) is 10.2 Å². The number of halogens is 1. The van der Waals surface area contributed by atoms with Crippen LogP contribution < -0.4 is 5.56 Å². The predicted molar refractivity (Wildman–Crippen MR) is 80.6 cm³/mol. The average molecular weight is 329 g/mol. The summed E-state index contributed by atoms with van der Waals surface area (Å²) in [6.45, 7) is 7.29. The molecule has 2 aromatic heterocycles. The molecule has 0 fully saturated rings. The van der Waals surface area contributed by atoms with Gasteiger partial charge in [-0.25, -0.2) is 4.98 Å². The van der Waals surface area contributed by atoms with E-state index in [0.29, 0.717) is 12.5 Å². The lowest BCUT2D eigenvalue weighted by Gasteiger charge is -2.29. The maximum Gasteiger partial charge on any atom is 0.271 e. The lowest BCUT2D eigenvalue weighted by atomic mass is 9.82. The molecule has 0 N–H and O–H groups in total. The van der Waals surface area contributed by atoms with Crippen LogP contribution in [0.3, 0.4) is 0 Å². The van der Waals surface area contributed by atoms with Crippen LogP contribution in [-0.2, 0) is 6.54 Å². The molecule has 0 aromatic carbocycles. The Labute approximate surface area is 119 Å². The van der Waals surface area contributed by atoms with Crippen LogP contribution in [-0.4, -0.2) is 14.9 Å². The van der Waals surface area contributed by atoms with Crippen molar-refractivity contribution in [1.82, 2.24) is 9.55 Å². The van der Waals surface area contributed by atoms with Crippen molar-refractivity contribution in [1.29, 1.82) is 0 Å². The topological polar surface area (TPSA) is 34.9 Å². The fraction of sp³-hybridized carbons (Fsp3) is 0.538. The highest BCUT2D eigenvalue weighted by atomic mass is 79.9. The maximum atomic E-state index is 12.3. The van der Waals surface area contributed by atoms with E-state index < -0.39 is 0 Å². The first-order valence-electron chi connectivity index (χ1n) is 5.92. The first-order valence-corrected chi connectivity index (χ1v) is 7.92. The highest BCUT2D eigenvalue weighted by Gasteiger charge is 2.24. The molecule has 0 saturated carbocycles. The van der Waals surface area contributed by atoms with Gasteiger partial charge in [0.1, 0.15) is 4.70 Å². The third kappa shape index (κ3) is 2.67. The molecule has 0 amide bonds. The minimum absolute atomic E-state index is 0.0743. The summed E-state index contributed by atoms with van der Waals surface area (Å²) in [5.74, 6) is 0.398. The van der Waals surface area contributed by atoms with Crippen molar-refractivity contribution in [3.63, 3.8) is 0 Å². The van der Waals surface area contributed by atoms with Crippen LogP contribution in [0, 0.1) is 11.3 Å². The van der Waals surface area contributed by atoms with Crippen molar-refractivity contribution in [2.45, 2.75) is 27.3 Å². The van der Waals surface area contributed by atoms with E-state index in [4.69, 9.17) is 0 Å². The molecule has 0 spiro atoms. The lowest BCUT2D eigenvalue weighted by Crippen LogP contribution is -2.31. The Kier molecular flexibility index (Phi) is 3.92. The summed E-state index contributed by atoms with van der Waals surface area (Å²) >= 11 is 5.01. The largest absolute Gasteiger partial charge is 0.298 e. The van der Waals surface area contributed by atoms with Crippen LogP contribution >= 0.6 is 27.3 Å². The van der Waals surface area contributed by atoms with Gasteiger partial charge in [0, 0.05) is 11.9 Å². The fourth-order valence-electron chi connectivity index (χ4n) is 1.80. The van der Waals surface area contributed by atoms with Crippen molar-refractivity contribution in [3.8, 4) is 0 Å². The smallest absolute Gasteiger partial charge is 0.271 e. The molecule has 0 aliphatic rings. The minimum atomic E-state index is 0.0743. The summed E-state index contributed by atoms with van der Waals surface area (Å²) in [7, 11) is 0. The van der Waals surface area contributed by atoms with Crippen molar-refractivity contribution >= 4 is 37.5 Å². The third-order valence-electron chi connectivity index (χ3n) is 3.26. The molecule has 3 nitrogen and oxygen atoms in total. The highest BCUT2D eigenvalue weighted by Crippen LogP contribution is 2.28. The summed E-state index contributed by atoms with van der Waals surface area (Å²) in [5, 5.41) is 2.79. The number of nitrogens with zero attached hydrogens (tertiary/aromatic N) is 2. The molecular weight excluding hydrogens is 312 g/mol. The second kappa shape index (κ2) is 5.13. The van der Waals surface area contributed by atoms with Gasteiger partial charge in [-0.15, -0.1) is 11.3 Å². The maximum absolute atomic E-state index is 12.3. The molecule has 2 aromatic rings. The zero-order valence-electron chi connectivity index (χ0n) is 10.8. The molecule has 1 atom stereocenters. The normalized spacial score (nSPS) is 14.0. The molecule has 0 saturated heterocycles. The van der Waals surface area contributed by atoms with Gasteiger partial charge in [0.25, 0.3) is 5.56 Å². The van der Waals surface area contributed by atoms with Gasteiger partial charge in [-0.3, -0.25) is 9.36 Å². The van der Waals surface area contributed by atoms with E-state index in [-0.39, 0.29) is 11.0 Å². The second-order valence-corrected chi connectivity index (χ2v) is 7.12. The predicted octanol–water partition coefficient (Wildman–Crippen LogP) is 3.52. The van der Waals surface area contributed by atoms with Gasteiger partial charge in [0.05, 0.1) is 11.8 Å². The first-order chi connectivity index (χ1) is 8.43. The molecule has 5 heteroatoms. The fourth-order valence-corrected chi connectivity index (χ4v) is 3.77. The van der Waals surface area contributed by atoms with Crippen molar-refractivity contribution in [3.05, 3.63) is 28.1 Å². The van der Waals surface area contributed by atoms with Crippen LogP contribution in [0.2, 0.25) is 0 Å². The molecule has 2 rings (SSSR count). The van der Waals surface area contributed by atoms with Crippen LogP contribution in [0.5, 0.6) is 0 Å². The van der Waals surface area contributed by atoms with Gasteiger partial charge < -0.3 is 0 Å². The zero-order valence-corrected chi connectivity index (χ0v) is 13.2. The summed E-state index contributed by atoms with van der Waals surface area (Å²) in [6.07, 6.45) is 1.67. The number of thiophene rings is 1. The van der Waals surface area contributed by atoms with Gasteiger partial charge in [-0.2, -0.15) is 0 Å². The van der Waals surface area contributed by atoms with E-state index in [1.165, 1.54) is 11.3 Å². The summed E-state index contributed by atoms with van der Waals surface area (Å²) in [5.41, 5.74) is 1.03. The van der Waals surface area contributed by atoms with E-state index in [0.717, 1.165) is 15.5 Å². The lowest BCUT2D eigenvalue weighted by molar-refractivity contribution is 0.237. The SMILES string of the molecule is CC(C)(C)C(CBr)Cn1cnc2ccsc2c1=O. The van der Waals surface area contributed by atoms with E-state index in [1.807, 2.05) is 11.4 Å². The molecule has 98 valence electrons. The number of hydrogen-bond acceptors (Lipinski definition) is 3. The summed E-state index contributed by atoms with van der Waals surface area (Å²) in [4.78, 5) is 16.6. The second-order valence-electron chi connectivity index (χ2n) is 5.55. The molecule has 0 aliphatic heterocycles. The van der Waals surface area contributed by atoms with Gasteiger partial charge in [0.15, 0.2) is 0 Å². The molecule has 2 heterocycles. The Morgan fingerprint density at radius 1 is 1.50 bits per heavy atom. The Morgan fingerprint density at radius 3 is 2.83 bits per heavy atom. The molecule has 0 bridgehead atoms. The van der Waals surface area contributed by atoms with E-state index in [1.54, 1.807) is 10.9 Å². The van der Waals surface area contributed by atoms with E-state index >= 15 is 0 Å². The Hall–Kier alpha value is -0.680. The van der Waals surface area contributed by atoms with Crippen LogP contribution in [0.1, 0.15) is 20.8 Å². The summed E-state index contributed by atoms with van der Waals surface area (Å²) in [6, 6.07) is 1.89. The number of alkyl halides is 1. The van der Waals surface area contributed by atoms with E-state index in [2.05, 4.69) is 41.7 Å². The van der Waals surface area contributed by atoms with Crippen LogP contribution in [0.15, 0.2) is 22.6 Å². The van der Waals surface area contributed by atoms with Crippen molar-refractivity contribution in [2.24, 2.45) is 11.3 Å². The van der Waals surface area contributed by atoms with Gasteiger partial charge in [0.2, 0.25) is 0 Å². The molecular formula is C13H17BrN2OS. The standard InChI is InChI=1S/C13H17BrN2OS/c1-13(2,3)9(6-14)7-16-8-15-10-4-5-18-11(10)12(16)17/h4-5,8-9H,6-7H2,1-3H3. The van der Waals surface area contributed by atoms with Crippen molar-refractivity contribution in [2.75, 3.05) is 5.33 Å². The number of rotatable bonds is 3. The van der Waals surface area contributed by atoms with Gasteiger partial charge in [-0.05, 0) is 22.8 Å². The minimum Gasteiger partial charge on any atom is -0.298 e.